The van der Waals surface area contributed by atoms with Crippen LogP contribution in [0, 0.1) is 5.92 Å². The molecule has 1 aliphatic heterocycles. The largest absolute Gasteiger partial charge is 0.494 e. The standard InChI is InChI=1S/C24H31N3O3S/c1-17(2)9-12-30-21-6-7-22-18(13-21)14-24(26-22)23-15-19(8-10-25-23)27-11-4-5-20(27)16-31(3,28)29/h6-8,10,13-15,17,20,26H,4-5,9,11-12,16H2,1-3H3/t20-/m0/s1. The molecule has 1 atom stereocenters. The van der Waals surface area contributed by atoms with E-state index >= 15 is 0 Å². The van der Waals surface area contributed by atoms with Gasteiger partial charge in [0, 0.05) is 41.6 Å². The molecule has 0 saturated carbocycles. The number of benzene rings is 1. The smallest absolute Gasteiger partial charge is 0.149 e. The molecular formula is C24H31N3O3S. The molecule has 1 saturated heterocycles. The van der Waals surface area contributed by atoms with Gasteiger partial charge in [-0.2, -0.15) is 0 Å². The van der Waals surface area contributed by atoms with Crippen LogP contribution in [0.5, 0.6) is 5.75 Å². The Kier molecular flexibility index (Phi) is 6.23. The number of H-pyrrole nitrogens is 1. The molecule has 31 heavy (non-hydrogen) atoms. The van der Waals surface area contributed by atoms with Crippen LogP contribution in [-0.2, 0) is 9.84 Å². The Bertz CT molecular complexity index is 1150. The molecule has 6 nitrogen and oxygen atoms in total. The lowest BCUT2D eigenvalue weighted by molar-refractivity contribution is 0.290. The number of sulfone groups is 1. The number of aromatic amines is 1. The molecule has 4 rings (SSSR count). The molecule has 2 aromatic heterocycles. The highest BCUT2D eigenvalue weighted by molar-refractivity contribution is 7.90. The maximum atomic E-state index is 11.8. The van der Waals surface area contributed by atoms with E-state index in [1.807, 2.05) is 24.3 Å². The predicted molar refractivity (Wildman–Crippen MR) is 127 cm³/mol. The first kappa shape index (κ1) is 21.7. The van der Waals surface area contributed by atoms with Crippen molar-refractivity contribution in [1.29, 1.82) is 0 Å². The number of nitrogens with one attached hydrogen (secondary N) is 1. The number of rotatable bonds is 8. The Morgan fingerprint density at radius 2 is 2.06 bits per heavy atom. The highest BCUT2D eigenvalue weighted by Crippen LogP contribution is 2.31. The number of hydrogen-bond acceptors (Lipinski definition) is 5. The second-order valence-electron chi connectivity index (χ2n) is 8.94. The molecule has 7 heteroatoms. The van der Waals surface area contributed by atoms with Crippen LogP contribution in [0.25, 0.3) is 22.3 Å². The zero-order valence-electron chi connectivity index (χ0n) is 18.5. The second-order valence-corrected chi connectivity index (χ2v) is 11.1. The Balaban J connectivity index is 1.56. The van der Waals surface area contributed by atoms with E-state index < -0.39 is 9.84 Å². The van der Waals surface area contributed by atoms with Crippen LogP contribution in [-0.4, -0.2) is 49.6 Å². The van der Waals surface area contributed by atoms with E-state index in [1.54, 1.807) is 6.20 Å². The number of ether oxygens (including phenoxy) is 1. The summed E-state index contributed by atoms with van der Waals surface area (Å²) in [6, 6.07) is 12.2. The number of nitrogens with zero attached hydrogens (tertiary/aromatic N) is 2. The van der Waals surface area contributed by atoms with Crippen LogP contribution in [0.3, 0.4) is 0 Å². The molecule has 3 heterocycles. The third-order valence-corrected chi connectivity index (χ3v) is 6.77. The summed E-state index contributed by atoms with van der Waals surface area (Å²) in [5.41, 5.74) is 3.85. The molecule has 3 aromatic rings. The molecule has 0 radical (unpaired) electrons. The molecule has 1 aliphatic rings. The van der Waals surface area contributed by atoms with Crippen LogP contribution in [0.15, 0.2) is 42.6 Å². The van der Waals surface area contributed by atoms with Gasteiger partial charge in [-0.1, -0.05) is 13.8 Å². The van der Waals surface area contributed by atoms with Crippen LogP contribution in [0.4, 0.5) is 5.69 Å². The number of anilines is 1. The van der Waals surface area contributed by atoms with Crippen molar-refractivity contribution in [3.63, 3.8) is 0 Å². The van der Waals surface area contributed by atoms with Crippen LogP contribution >= 0.6 is 0 Å². The van der Waals surface area contributed by atoms with E-state index in [-0.39, 0.29) is 11.8 Å². The number of hydrogen-bond donors (Lipinski definition) is 1. The van der Waals surface area contributed by atoms with E-state index in [0.29, 0.717) is 12.5 Å². The van der Waals surface area contributed by atoms with Crippen molar-refractivity contribution in [3.05, 3.63) is 42.6 Å². The van der Waals surface area contributed by atoms with Crippen LogP contribution in [0.1, 0.15) is 33.1 Å². The van der Waals surface area contributed by atoms with Crippen molar-refractivity contribution in [2.24, 2.45) is 5.92 Å². The lowest BCUT2D eigenvalue weighted by atomic mass is 10.1. The summed E-state index contributed by atoms with van der Waals surface area (Å²) in [4.78, 5) is 10.2. The molecule has 1 aromatic carbocycles. The normalized spacial score (nSPS) is 17.0. The minimum atomic E-state index is -3.02. The van der Waals surface area contributed by atoms with Gasteiger partial charge in [0.05, 0.1) is 23.7 Å². The highest BCUT2D eigenvalue weighted by atomic mass is 32.2. The van der Waals surface area contributed by atoms with E-state index in [0.717, 1.165) is 59.5 Å². The van der Waals surface area contributed by atoms with Crippen molar-refractivity contribution in [2.45, 2.75) is 39.2 Å². The molecule has 0 aliphatic carbocycles. The van der Waals surface area contributed by atoms with Crippen molar-refractivity contribution in [2.75, 3.05) is 30.1 Å². The van der Waals surface area contributed by atoms with E-state index in [9.17, 15) is 8.42 Å². The Labute approximate surface area is 184 Å². The van der Waals surface area contributed by atoms with Crippen molar-refractivity contribution < 1.29 is 13.2 Å². The van der Waals surface area contributed by atoms with Crippen LogP contribution < -0.4 is 9.64 Å². The third-order valence-electron chi connectivity index (χ3n) is 5.78. The summed E-state index contributed by atoms with van der Waals surface area (Å²) < 4.78 is 29.5. The molecule has 0 bridgehead atoms. The summed E-state index contributed by atoms with van der Waals surface area (Å²) in [5, 5.41) is 1.08. The molecular weight excluding hydrogens is 410 g/mol. The Hall–Kier alpha value is -2.54. The lowest BCUT2D eigenvalue weighted by Gasteiger charge is -2.26. The topological polar surface area (TPSA) is 75.3 Å². The molecule has 1 fully saturated rings. The molecule has 0 unspecified atom stereocenters. The van der Waals surface area contributed by atoms with E-state index in [1.165, 1.54) is 6.26 Å². The van der Waals surface area contributed by atoms with Crippen LogP contribution in [0.2, 0.25) is 0 Å². The fourth-order valence-corrected chi connectivity index (χ4v) is 5.24. The maximum Gasteiger partial charge on any atom is 0.149 e. The first-order valence-electron chi connectivity index (χ1n) is 10.9. The minimum Gasteiger partial charge on any atom is -0.494 e. The van der Waals surface area contributed by atoms with Gasteiger partial charge in [-0.05, 0) is 61.6 Å². The molecule has 166 valence electrons. The summed E-state index contributed by atoms with van der Waals surface area (Å²) >= 11 is 0. The van der Waals surface area contributed by atoms with Gasteiger partial charge in [0.2, 0.25) is 0 Å². The number of pyridine rings is 1. The Morgan fingerprint density at radius 3 is 2.84 bits per heavy atom. The van der Waals surface area contributed by atoms with Gasteiger partial charge in [0.1, 0.15) is 15.6 Å². The average Bonchev–Trinajstić information content (AvgIpc) is 3.33. The summed E-state index contributed by atoms with van der Waals surface area (Å²) in [7, 11) is -3.02. The second kappa shape index (κ2) is 8.91. The fourth-order valence-electron chi connectivity index (χ4n) is 4.19. The predicted octanol–water partition coefficient (Wildman–Crippen LogP) is 4.67. The first-order chi connectivity index (χ1) is 14.8. The van der Waals surface area contributed by atoms with Gasteiger partial charge >= 0.3 is 0 Å². The number of aromatic nitrogens is 2. The van der Waals surface area contributed by atoms with Gasteiger partial charge in [-0.15, -0.1) is 0 Å². The summed E-state index contributed by atoms with van der Waals surface area (Å²) in [6.07, 6.45) is 6.05. The molecule has 1 N–H and O–H groups in total. The lowest BCUT2D eigenvalue weighted by Crippen LogP contribution is -2.34. The summed E-state index contributed by atoms with van der Waals surface area (Å²) in [6.45, 7) is 5.97. The third kappa shape index (κ3) is 5.39. The quantitative estimate of drug-likeness (QED) is 0.550. The van der Waals surface area contributed by atoms with Gasteiger partial charge in [-0.25, -0.2) is 8.42 Å². The van der Waals surface area contributed by atoms with Crippen molar-refractivity contribution in [1.82, 2.24) is 9.97 Å². The van der Waals surface area contributed by atoms with E-state index in [4.69, 9.17) is 4.74 Å². The first-order valence-corrected chi connectivity index (χ1v) is 13.0. The van der Waals surface area contributed by atoms with Crippen molar-refractivity contribution >= 4 is 26.4 Å². The van der Waals surface area contributed by atoms with Gasteiger partial charge in [0.25, 0.3) is 0 Å². The average molecular weight is 442 g/mol. The summed E-state index contributed by atoms with van der Waals surface area (Å²) in [5.74, 6) is 1.69. The van der Waals surface area contributed by atoms with Gasteiger partial charge in [0.15, 0.2) is 0 Å². The van der Waals surface area contributed by atoms with Gasteiger partial charge < -0.3 is 14.6 Å². The SMILES string of the molecule is CC(C)CCOc1ccc2[nH]c(-c3cc(N4CCC[C@H]4CS(C)(=O)=O)ccn3)cc2c1. The highest BCUT2D eigenvalue weighted by Gasteiger charge is 2.28. The van der Waals surface area contributed by atoms with Gasteiger partial charge in [-0.3, -0.25) is 4.98 Å². The monoisotopic (exact) mass is 441 g/mol. The Morgan fingerprint density at radius 1 is 1.23 bits per heavy atom. The number of fused-ring (bicyclic) bond motifs is 1. The minimum absolute atomic E-state index is 0.0264. The maximum absolute atomic E-state index is 11.8. The zero-order chi connectivity index (χ0) is 22.0. The zero-order valence-corrected chi connectivity index (χ0v) is 19.3. The van der Waals surface area contributed by atoms with E-state index in [2.05, 4.69) is 40.8 Å². The molecule has 0 spiro atoms. The fraction of sp³-hybridized carbons (Fsp3) is 0.458. The molecule has 0 amide bonds. The van der Waals surface area contributed by atoms with Crippen molar-refractivity contribution in [3.8, 4) is 17.1 Å².